The van der Waals surface area contributed by atoms with Crippen molar-refractivity contribution in [3.63, 3.8) is 0 Å². The summed E-state index contributed by atoms with van der Waals surface area (Å²) in [6.45, 7) is -0.279. The monoisotopic (exact) mass is 200 g/mol. The number of hydrogen-bond acceptors (Lipinski definition) is 3. The van der Waals surface area contributed by atoms with Gasteiger partial charge in [-0.1, -0.05) is 25.7 Å². The predicted molar refractivity (Wildman–Crippen MR) is 54.7 cm³/mol. The van der Waals surface area contributed by atoms with E-state index in [-0.39, 0.29) is 18.6 Å². The van der Waals surface area contributed by atoms with Crippen molar-refractivity contribution in [2.45, 2.75) is 50.6 Å². The van der Waals surface area contributed by atoms with E-state index in [1.165, 1.54) is 25.7 Å². The zero-order valence-corrected chi connectivity index (χ0v) is 8.54. The van der Waals surface area contributed by atoms with Gasteiger partial charge < -0.3 is 16.2 Å². The van der Waals surface area contributed by atoms with Crippen LogP contribution in [-0.4, -0.2) is 29.7 Å². The van der Waals surface area contributed by atoms with Crippen LogP contribution in [0, 0.1) is 0 Å². The van der Waals surface area contributed by atoms with Gasteiger partial charge in [-0.3, -0.25) is 4.79 Å². The molecule has 4 heteroatoms. The maximum atomic E-state index is 11.4. The van der Waals surface area contributed by atoms with Crippen LogP contribution >= 0.6 is 0 Å². The maximum Gasteiger partial charge on any atom is 0.239 e. The van der Waals surface area contributed by atoms with Gasteiger partial charge in [-0.2, -0.15) is 0 Å². The van der Waals surface area contributed by atoms with Crippen molar-refractivity contribution in [1.82, 2.24) is 5.32 Å². The molecule has 0 spiro atoms. The Kier molecular flexibility index (Phi) is 4.90. The smallest absolute Gasteiger partial charge is 0.239 e. The minimum Gasteiger partial charge on any atom is -0.394 e. The van der Waals surface area contributed by atoms with Gasteiger partial charge in [0.25, 0.3) is 0 Å². The number of rotatable bonds is 3. The average molecular weight is 200 g/mol. The van der Waals surface area contributed by atoms with E-state index in [1.54, 1.807) is 0 Å². The highest BCUT2D eigenvalue weighted by Crippen LogP contribution is 2.17. The molecular formula is C10H20N2O2. The molecule has 0 aromatic carbocycles. The van der Waals surface area contributed by atoms with Crippen molar-refractivity contribution < 1.29 is 9.90 Å². The average Bonchev–Trinajstić information content (AvgIpc) is 2.45. The molecule has 0 aromatic rings. The fourth-order valence-corrected chi connectivity index (χ4v) is 1.81. The van der Waals surface area contributed by atoms with Crippen molar-refractivity contribution in [2.75, 3.05) is 6.61 Å². The van der Waals surface area contributed by atoms with Crippen LogP contribution in [0.15, 0.2) is 0 Å². The second kappa shape index (κ2) is 5.98. The van der Waals surface area contributed by atoms with E-state index in [0.717, 1.165) is 12.8 Å². The molecule has 1 rings (SSSR count). The Hall–Kier alpha value is -0.610. The molecule has 0 saturated heterocycles. The highest BCUT2D eigenvalue weighted by molar-refractivity contribution is 5.81. The van der Waals surface area contributed by atoms with Gasteiger partial charge >= 0.3 is 0 Å². The second-order valence-electron chi connectivity index (χ2n) is 3.99. The Balaban J connectivity index is 2.30. The molecular weight excluding hydrogens is 180 g/mol. The highest BCUT2D eigenvalue weighted by atomic mass is 16.3. The van der Waals surface area contributed by atoms with Crippen LogP contribution in [0.3, 0.4) is 0 Å². The van der Waals surface area contributed by atoms with Gasteiger partial charge in [-0.25, -0.2) is 0 Å². The molecule has 4 nitrogen and oxygen atoms in total. The van der Waals surface area contributed by atoms with Gasteiger partial charge in [-0.05, 0) is 12.8 Å². The molecule has 0 radical (unpaired) electrons. The lowest BCUT2D eigenvalue weighted by Crippen LogP contribution is -2.47. The molecule has 1 saturated carbocycles. The highest BCUT2D eigenvalue weighted by Gasteiger charge is 2.18. The molecule has 1 amide bonds. The van der Waals surface area contributed by atoms with Crippen LogP contribution in [0.5, 0.6) is 0 Å². The summed E-state index contributed by atoms with van der Waals surface area (Å²) in [5.74, 6) is -0.223. The third kappa shape index (κ3) is 3.64. The number of hydrogen-bond donors (Lipinski definition) is 3. The van der Waals surface area contributed by atoms with Crippen molar-refractivity contribution in [3.8, 4) is 0 Å². The SMILES string of the molecule is NC(CO)C(=O)NC1CCCCCC1. The molecule has 82 valence electrons. The summed E-state index contributed by atoms with van der Waals surface area (Å²) in [6.07, 6.45) is 6.98. The summed E-state index contributed by atoms with van der Waals surface area (Å²) in [4.78, 5) is 11.4. The van der Waals surface area contributed by atoms with E-state index >= 15 is 0 Å². The Labute approximate surface area is 84.9 Å². The van der Waals surface area contributed by atoms with Gasteiger partial charge in [0, 0.05) is 6.04 Å². The summed E-state index contributed by atoms with van der Waals surface area (Å²) >= 11 is 0. The Morgan fingerprint density at radius 2 is 1.93 bits per heavy atom. The summed E-state index contributed by atoms with van der Waals surface area (Å²) < 4.78 is 0. The summed E-state index contributed by atoms with van der Waals surface area (Å²) in [6, 6.07) is -0.499. The fraction of sp³-hybridized carbons (Fsp3) is 0.900. The Bertz CT molecular complexity index is 177. The zero-order chi connectivity index (χ0) is 10.4. The molecule has 4 N–H and O–H groups in total. The number of nitrogens with two attached hydrogens (primary N) is 1. The van der Waals surface area contributed by atoms with Crippen LogP contribution in [-0.2, 0) is 4.79 Å². The molecule has 14 heavy (non-hydrogen) atoms. The molecule has 1 fully saturated rings. The molecule has 1 aliphatic rings. The topological polar surface area (TPSA) is 75.3 Å². The number of carbonyl (C=O) groups is 1. The van der Waals surface area contributed by atoms with Gasteiger partial charge in [0.1, 0.15) is 6.04 Å². The molecule has 0 heterocycles. The van der Waals surface area contributed by atoms with E-state index in [4.69, 9.17) is 10.8 Å². The van der Waals surface area contributed by atoms with E-state index in [0.29, 0.717) is 0 Å². The third-order valence-corrected chi connectivity index (χ3v) is 2.74. The first-order valence-electron chi connectivity index (χ1n) is 5.41. The van der Waals surface area contributed by atoms with Crippen LogP contribution in [0.4, 0.5) is 0 Å². The first-order chi connectivity index (χ1) is 6.74. The van der Waals surface area contributed by atoms with Crippen LogP contribution < -0.4 is 11.1 Å². The largest absolute Gasteiger partial charge is 0.394 e. The molecule has 1 unspecified atom stereocenters. The van der Waals surface area contributed by atoms with E-state index in [2.05, 4.69) is 5.32 Å². The summed E-state index contributed by atoms with van der Waals surface area (Å²) in [5.41, 5.74) is 5.41. The first kappa shape index (κ1) is 11.5. The van der Waals surface area contributed by atoms with Crippen molar-refractivity contribution >= 4 is 5.91 Å². The van der Waals surface area contributed by atoms with E-state index in [9.17, 15) is 4.79 Å². The molecule has 1 atom stereocenters. The van der Waals surface area contributed by atoms with Gasteiger partial charge in [0.2, 0.25) is 5.91 Å². The van der Waals surface area contributed by atoms with Crippen molar-refractivity contribution in [1.29, 1.82) is 0 Å². The lowest BCUT2D eigenvalue weighted by Gasteiger charge is -2.18. The van der Waals surface area contributed by atoms with Gasteiger partial charge in [0.05, 0.1) is 6.61 Å². The fourth-order valence-electron chi connectivity index (χ4n) is 1.81. The van der Waals surface area contributed by atoms with Crippen LogP contribution in [0.1, 0.15) is 38.5 Å². The summed E-state index contributed by atoms with van der Waals surface area (Å²) in [7, 11) is 0. The number of aliphatic hydroxyl groups is 1. The standard InChI is InChI=1S/C10H20N2O2/c11-9(7-13)10(14)12-8-5-3-1-2-4-6-8/h8-9,13H,1-7,11H2,(H,12,14). The number of aliphatic hydroxyl groups excluding tert-OH is 1. The quantitative estimate of drug-likeness (QED) is 0.567. The lowest BCUT2D eigenvalue weighted by molar-refractivity contribution is -0.123. The molecule has 0 aromatic heterocycles. The summed E-state index contributed by atoms with van der Waals surface area (Å²) in [5, 5.41) is 11.6. The number of nitrogens with one attached hydrogen (secondary N) is 1. The zero-order valence-electron chi connectivity index (χ0n) is 8.54. The third-order valence-electron chi connectivity index (χ3n) is 2.74. The lowest BCUT2D eigenvalue weighted by atomic mass is 10.1. The van der Waals surface area contributed by atoms with Crippen molar-refractivity contribution in [3.05, 3.63) is 0 Å². The predicted octanol–water partition coefficient (Wildman–Crippen LogP) is 0.145. The number of carbonyl (C=O) groups excluding carboxylic acids is 1. The maximum absolute atomic E-state index is 11.4. The van der Waals surface area contributed by atoms with Gasteiger partial charge in [-0.15, -0.1) is 0 Å². The Morgan fingerprint density at radius 1 is 1.36 bits per heavy atom. The number of amides is 1. The second-order valence-corrected chi connectivity index (χ2v) is 3.99. The van der Waals surface area contributed by atoms with Crippen LogP contribution in [0.2, 0.25) is 0 Å². The van der Waals surface area contributed by atoms with Gasteiger partial charge in [0.15, 0.2) is 0 Å². The van der Waals surface area contributed by atoms with E-state index in [1.807, 2.05) is 0 Å². The molecule has 0 aliphatic heterocycles. The van der Waals surface area contributed by atoms with Crippen LogP contribution in [0.25, 0.3) is 0 Å². The minimum atomic E-state index is -0.766. The molecule has 1 aliphatic carbocycles. The van der Waals surface area contributed by atoms with Crippen molar-refractivity contribution in [2.24, 2.45) is 5.73 Å². The van der Waals surface area contributed by atoms with E-state index < -0.39 is 6.04 Å². The molecule has 0 bridgehead atoms. The minimum absolute atomic E-state index is 0.223. The Morgan fingerprint density at radius 3 is 2.43 bits per heavy atom. The first-order valence-corrected chi connectivity index (χ1v) is 5.41. The normalized spacial score (nSPS) is 21.3.